The van der Waals surface area contributed by atoms with Crippen LogP contribution >= 0.6 is 0 Å². The molecule has 0 aromatic heterocycles. The zero-order chi connectivity index (χ0) is 21.5. The number of hydrogen-bond acceptors (Lipinski definition) is 5. The van der Waals surface area contributed by atoms with Gasteiger partial charge in [0.05, 0.1) is 17.2 Å². The number of ketones is 1. The van der Waals surface area contributed by atoms with Gasteiger partial charge in [0.25, 0.3) is 0 Å². The maximum absolute atomic E-state index is 13.2. The third-order valence-corrected chi connectivity index (χ3v) is 6.37. The Bertz CT molecular complexity index is 1030. The summed E-state index contributed by atoms with van der Waals surface area (Å²) in [5, 5.41) is 0. The number of allylic oxidation sites excluding steroid dienone is 1. The molecule has 1 atom stereocenters. The Morgan fingerprint density at radius 2 is 2.03 bits per heavy atom. The lowest BCUT2D eigenvalue weighted by Gasteiger charge is -2.31. The fraction of sp³-hybridized carbons (Fsp3) is 0.423. The maximum Gasteiger partial charge on any atom is 0.232 e. The summed E-state index contributed by atoms with van der Waals surface area (Å²) in [6.45, 7) is 9.19. The van der Waals surface area contributed by atoms with Gasteiger partial charge in [-0.2, -0.15) is 0 Å². The van der Waals surface area contributed by atoms with Gasteiger partial charge in [0.2, 0.25) is 5.78 Å². The van der Waals surface area contributed by atoms with Crippen molar-refractivity contribution in [3.8, 4) is 11.5 Å². The number of benzene rings is 2. The molecule has 162 valence electrons. The molecule has 0 N–H and O–H groups in total. The number of carbonyl (C=O) groups excluding carboxylic acids is 1. The van der Waals surface area contributed by atoms with E-state index in [1.165, 1.54) is 5.56 Å². The largest absolute Gasteiger partial charge is 0.478 e. The van der Waals surface area contributed by atoms with Crippen molar-refractivity contribution in [3.05, 3.63) is 63.9 Å². The third-order valence-electron chi connectivity index (χ3n) is 6.37. The molecule has 0 radical (unpaired) electrons. The summed E-state index contributed by atoms with van der Waals surface area (Å²) in [6, 6.07) is 10.3. The first-order valence-corrected chi connectivity index (χ1v) is 11.2. The standard InChI is InChI=1S/C26H29NO4/c1-16(2)19-8-6-18(7-9-19)12-23-25(28)24-17(3)11-22-21(26(24)31-23)14-27(15-30-22)13-20-5-4-10-29-20/h6-9,11-12,16,20H,4-5,10,13-15H2,1-3H3/b23-12-. The van der Waals surface area contributed by atoms with Gasteiger partial charge in [0, 0.05) is 19.7 Å². The van der Waals surface area contributed by atoms with E-state index in [1.807, 2.05) is 31.2 Å². The van der Waals surface area contributed by atoms with Gasteiger partial charge in [0.1, 0.15) is 18.2 Å². The van der Waals surface area contributed by atoms with Crippen LogP contribution in [-0.4, -0.2) is 36.7 Å². The zero-order valence-corrected chi connectivity index (χ0v) is 18.4. The quantitative estimate of drug-likeness (QED) is 0.648. The number of hydrogen-bond donors (Lipinski definition) is 0. The van der Waals surface area contributed by atoms with Crippen LogP contribution in [0.1, 0.15) is 65.2 Å². The monoisotopic (exact) mass is 419 g/mol. The van der Waals surface area contributed by atoms with Crippen molar-refractivity contribution >= 4 is 11.9 Å². The molecule has 5 rings (SSSR count). The first-order chi connectivity index (χ1) is 15.0. The molecule has 0 bridgehead atoms. The van der Waals surface area contributed by atoms with E-state index in [9.17, 15) is 4.79 Å². The van der Waals surface area contributed by atoms with Crippen LogP contribution in [0.3, 0.4) is 0 Å². The number of fused-ring (bicyclic) bond motifs is 3. The van der Waals surface area contributed by atoms with E-state index >= 15 is 0 Å². The fourth-order valence-electron chi connectivity index (χ4n) is 4.60. The van der Waals surface area contributed by atoms with E-state index in [4.69, 9.17) is 14.2 Å². The first kappa shape index (κ1) is 20.3. The molecule has 3 aliphatic heterocycles. The highest BCUT2D eigenvalue weighted by Crippen LogP contribution is 2.44. The highest BCUT2D eigenvalue weighted by Gasteiger charge is 2.36. The second-order valence-corrected chi connectivity index (χ2v) is 9.06. The molecular weight excluding hydrogens is 390 g/mol. The zero-order valence-electron chi connectivity index (χ0n) is 18.4. The van der Waals surface area contributed by atoms with Crippen molar-refractivity contribution in [3.63, 3.8) is 0 Å². The first-order valence-electron chi connectivity index (χ1n) is 11.2. The Hall–Kier alpha value is -2.63. The molecule has 1 fully saturated rings. The molecule has 0 amide bonds. The smallest absolute Gasteiger partial charge is 0.232 e. The summed E-state index contributed by atoms with van der Waals surface area (Å²) in [5.41, 5.74) is 4.74. The maximum atomic E-state index is 13.2. The number of Topliss-reactive ketones (excluding diaryl/α,β-unsaturated/α-hetero) is 1. The molecule has 0 aliphatic carbocycles. The van der Waals surface area contributed by atoms with E-state index in [2.05, 4.69) is 30.9 Å². The van der Waals surface area contributed by atoms with Crippen molar-refractivity contribution in [1.29, 1.82) is 0 Å². The molecule has 2 aromatic rings. The third kappa shape index (κ3) is 3.88. The van der Waals surface area contributed by atoms with Gasteiger partial charge in [0.15, 0.2) is 5.76 Å². The highest BCUT2D eigenvalue weighted by molar-refractivity contribution is 6.15. The number of ether oxygens (including phenoxy) is 3. The van der Waals surface area contributed by atoms with Crippen LogP contribution in [0.15, 0.2) is 36.1 Å². The predicted octanol–water partition coefficient (Wildman–Crippen LogP) is 5.07. The second-order valence-electron chi connectivity index (χ2n) is 9.06. The van der Waals surface area contributed by atoms with E-state index in [1.54, 1.807) is 0 Å². The minimum atomic E-state index is -0.0560. The number of aryl methyl sites for hydroxylation is 1. The van der Waals surface area contributed by atoms with Crippen molar-refractivity contribution in [2.45, 2.75) is 52.2 Å². The van der Waals surface area contributed by atoms with Crippen molar-refractivity contribution in [2.75, 3.05) is 19.9 Å². The molecule has 1 unspecified atom stereocenters. The molecule has 5 heteroatoms. The van der Waals surface area contributed by atoms with Crippen LogP contribution in [0.4, 0.5) is 0 Å². The van der Waals surface area contributed by atoms with Gasteiger partial charge in [-0.25, -0.2) is 0 Å². The lowest BCUT2D eigenvalue weighted by atomic mass is 9.98. The molecular formula is C26H29NO4. The molecule has 1 saturated heterocycles. The van der Waals surface area contributed by atoms with E-state index in [0.29, 0.717) is 36.3 Å². The Morgan fingerprint density at radius 3 is 2.74 bits per heavy atom. The van der Waals surface area contributed by atoms with Gasteiger partial charge in [-0.15, -0.1) is 0 Å². The Labute approximate surface area is 183 Å². The minimum Gasteiger partial charge on any atom is -0.478 e. The van der Waals surface area contributed by atoms with Crippen LogP contribution in [0.2, 0.25) is 0 Å². The van der Waals surface area contributed by atoms with Crippen LogP contribution in [-0.2, 0) is 11.3 Å². The van der Waals surface area contributed by atoms with Gasteiger partial charge in [-0.1, -0.05) is 38.1 Å². The molecule has 2 aromatic carbocycles. The lowest BCUT2D eigenvalue weighted by molar-refractivity contribution is 0.0273. The summed E-state index contributed by atoms with van der Waals surface area (Å²) in [6.07, 6.45) is 4.31. The van der Waals surface area contributed by atoms with Crippen LogP contribution in [0.5, 0.6) is 11.5 Å². The van der Waals surface area contributed by atoms with Crippen molar-refractivity contribution in [2.24, 2.45) is 0 Å². The topological polar surface area (TPSA) is 48.0 Å². The average Bonchev–Trinajstić information content (AvgIpc) is 3.38. The summed E-state index contributed by atoms with van der Waals surface area (Å²) in [5.74, 6) is 2.26. The summed E-state index contributed by atoms with van der Waals surface area (Å²) < 4.78 is 18.0. The number of nitrogens with zero attached hydrogens (tertiary/aromatic N) is 1. The highest BCUT2D eigenvalue weighted by atomic mass is 16.5. The summed E-state index contributed by atoms with van der Waals surface area (Å²) >= 11 is 0. The van der Waals surface area contributed by atoms with Gasteiger partial charge < -0.3 is 14.2 Å². The summed E-state index contributed by atoms with van der Waals surface area (Å²) in [7, 11) is 0. The second kappa shape index (κ2) is 8.13. The average molecular weight is 420 g/mol. The normalized spacial score (nSPS) is 21.9. The molecule has 3 heterocycles. The van der Waals surface area contributed by atoms with Crippen molar-refractivity contribution in [1.82, 2.24) is 4.90 Å². The fourth-order valence-corrected chi connectivity index (χ4v) is 4.60. The Morgan fingerprint density at radius 1 is 1.23 bits per heavy atom. The molecule has 31 heavy (non-hydrogen) atoms. The summed E-state index contributed by atoms with van der Waals surface area (Å²) in [4.78, 5) is 15.4. The number of rotatable bonds is 4. The van der Waals surface area contributed by atoms with Gasteiger partial charge in [-0.3, -0.25) is 9.69 Å². The SMILES string of the molecule is Cc1cc2c(c3c1C(=O)/C(=C/c1ccc(C(C)C)cc1)O3)CN(CC1CCCO1)CO2. The van der Waals surface area contributed by atoms with Gasteiger partial charge >= 0.3 is 0 Å². The Balaban J connectivity index is 1.42. The van der Waals surface area contributed by atoms with E-state index in [0.717, 1.165) is 48.4 Å². The van der Waals surface area contributed by atoms with Crippen LogP contribution in [0.25, 0.3) is 6.08 Å². The number of carbonyl (C=O) groups is 1. The predicted molar refractivity (Wildman–Crippen MR) is 120 cm³/mol. The van der Waals surface area contributed by atoms with Crippen molar-refractivity contribution < 1.29 is 19.0 Å². The van der Waals surface area contributed by atoms with E-state index in [-0.39, 0.29) is 11.9 Å². The molecule has 0 saturated carbocycles. The Kier molecular flexibility index (Phi) is 5.32. The van der Waals surface area contributed by atoms with Crippen LogP contribution in [0, 0.1) is 6.92 Å². The van der Waals surface area contributed by atoms with Crippen LogP contribution < -0.4 is 9.47 Å². The molecule has 0 spiro atoms. The molecule has 3 aliphatic rings. The van der Waals surface area contributed by atoms with Gasteiger partial charge in [-0.05, 0) is 54.5 Å². The minimum absolute atomic E-state index is 0.0560. The van der Waals surface area contributed by atoms with E-state index < -0.39 is 0 Å². The lowest BCUT2D eigenvalue weighted by Crippen LogP contribution is -2.37. The molecule has 5 nitrogen and oxygen atoms in total.